The summed E-state index contributed by atoms with van der Waals surface area (Å²) >= 11 is 1.81. The van der Waals surface area contributed by atoms with Gasteiger partial charge in [0, 0.05) is 37.5 Å². The number of aliphatic imine (C=N–C) groups is 1. The molecule has 2 aromatic rings. The predicted octanol–water partition coefficient (Wildman–Crippen LogP) is 3.78. The summed E-state index contributed by atoms with van der Waals surface area (Å²) in [5, 5.41) is 5.65. The minimum absolute atomic E-state index is 0.0613. The van der Waals surface area contributed by atoms with Crippen LogP contribution in [0.4, 0.5) is 0 Å². The highest BCUT2D eigenvalue weighted by atomic mass is 32.1. The van der Waals surface area contributed by atoms with Gasteiger partial charge in [0.15, 0.2) is 5.96 Å². The van der Waals surface area contributed by atoms with Gasteiger partial charge < -0.3 is 10.2 Å². The lowest BCUT2D eigenvalue weighted by Crippen LogP contribution is -2.44. The van der Waals surface area contributed by atoms with Crippen LogP contribution in [0.2, 0.25) is 0 Å². The second kappa shape index (κ2) is 8.16. The molecule has 0 radical (unpaired) electrons. The first-order chi connectivity index (χ1) is 11.0. The molecule has 1 aromatic heterocycles. The smallest absolute Gasteiger partial charge is 0.193 e. The van der Waals surface area contributed by atoms with Crippen molar-refractivity contribution in [3.8, 4) is 0 Å². The molecule has 3 nitrogen and oxygen atoms in total. The van der Waals surface area contributed by atoms with Crippen molar-refractivity contribution in [3.05, 3.63) is 58.3 Å². The van der Waals surface area contributed by atoms with E-state index < -0.39 is 0 Å². The molecule has 0 atom stereocenters. The fourth-order valence-electron chi connectivity index (χ4n) is 2.51. The summed E-state index contributed by atoms with van der Waals surface area (Å²) in [6.45, 7) is 6.33. The van der Waals surface area contributed by atoms with Crippen LogP contribution >= 0.6 is 11.3 Å². The van der Waals surface area contributed by atoms with E-state index in [4.69, 9.17) is 0 Å². The summed E-state index contributed by atoms with van der Waals surface area (Å²) in [6, 6.07) is 14.9. The molecule has 0 aliphatic carbocycles. The topological polar surface area (TPSA) is 27.6 Å². The molecule has 0 amide bonds. The van der Waals surface area contributed by atoms with Crippen molar-refractivity contribution in [2.24, 2.45) is 4.99 Å². The number of guanidine groups is 1. The van der Waals surface area contributed by atoms with Gasteiger partial charge in [0.05, 0.1) is 0 Å². The molecule has 1 heterocycles. The van der Waals surface area contributed by atoms with Crippen molar-refractivity contribution in [1.82, 2.24) is 10.2 Å². The summed E-state index contributed by atoms with van der Waals surface area (Å²) in [4.78, 5) is 8.03. The van der Waals surface area contributed by atoms with Gasteiger partial charge >= 0.3 is 0 Å². The van der Waals surface area contributed by atoms with Gasteiger partial charge in [-0.15, -0.1) is 11.3 Å². The Bertz CT molecular complexity index is 603. The first kappa shape index (κ1) is 17.5. The Hall–Kier alpha value is -1.81. The van der Waals surface area contributed by atoms with Gasteiger partial charge in [0.25, 0.3) is 0 Å². The Morgan fingerprint density at radius 2 is 1.91 bits per heavy atom. The molecule has 0 aliphatic rings. The maximum absolute atomic E-state index is 4.42. The fraction of sp³-hybridized carbons (Fsp3) is 0.421. The number of likely N-dealkylation sites (N-methyl/N-ethyl adjacent to an activating group) is 1. The zero-order valence-corrected chi connectivity index (χ0v) is 15.4. The third-order valence-electron chi connectivity index (χ3n) is 4.09. The van der Waals surface area contributed by atoms with E-state index in [9.17, 15) is 0 Å². The van der Waals surface area contributed by atoms with Crippen LogP contribution in [0.15, 0.2) is 52.8 Å². The molecule has 0 aliphatic heterocycles. The number of hydrogen-bond donors (Lipinski definition) is 1. The largest absolute Gasteiger partial charge is 0.355 e. The van der Waals surface area contributed by atoms with Gasteiger partial charge in [-0.1, -0.05) is 50.2 Å². The van der Waals surface area contributed by atoms with Crippen LogP contribution in [0.1, 0.15) is 24.3 Å². The average molecular weight is 330 g/mol. The number of nitrogens with one attached hydrogen (secondary N) is 1. The quantitative estimate of drug-likeness (QED) is 0.645. The van der Waals surface area contributed by atoms with Gasteiger partial charge in [-0.25, -0.2) is 0 Å². The van der Waals surface area contributed by atoms with Gasteiger partial charge in [0.2, 0.25) is 0 Å². The third kappa shape index (κ3) is 5.10. The zero-order valence-electron chi connectivity index (χ0n) is 14.5. The maximum atomic E-state index is 4.42. The van der Waals surface area contributed by atoms with Crippen LogP contribution in [0.3, 0.4) is 0 Å². The van der Waals surface area contributed by atoms with E-state index in [0.29, 0.717) is 0 Å². The molecule has 0 spiro atoms. The Kier molecular flexibility index (Phi) is 6.22. The summed E-state index contributed by atoms with van der Waals surface area (Å²) in [7, 11) is 3.94. The number of rotatable bonds is 6. The Morgan fingerprint density at radius 1 is 1.17 bits per heavy atom. The summed E-state index contributed by atoms with van der Waals surface area (Å²) in [5.74, 6) is 0.950. The molecule has 0 fully saturated rings. The van der Waals surface area contributed by atoms with Crippen molar-refractivity contribution in [1.29, 1.82) is 0 Å². The highest BCUT2D eigenvalue weighted by Gasteiger charge is 2.21. The number of thiophene rings is 1. The predicted molar refractivity (Wildman–Crippen MR) is 101 cm³/mol. The molecular weight excluding hydrogens is 302 g/mol. The van der Waals surface area contributed by atoms with Crippen molar-refractivity contribution in [2.75, 3.05) is 27.2 Å². The molecule has 0 saturated carbocycles. The number of hydrogen-bond acceptors (Lipinski definition) is 2. The standard InChI is InChI=1S/C19H27N3S/c1-19(2,16-9-6-5-7-10-16)15-21-18(20-3)22(4)13-12-17-11-8-14-23-17/h5-11,14H,12-13,15H2,1-4H3,(H,20,21). The van der Waals surface area contributed by atoms with Crippen LogP contribution < -0.4 is 5.32 Å². The molecule has 1 aromatic carbocycles. The first-order valence-corrected chi connectivity index (χ1v) is 8.90. The summed E-state index contributed by atoms with van der Waals surface area (Å²) in [6.07, 6.45) is 1.05. The zero-order chi connectivity index (χ0) is 16.7. The first-order valence-electron chi connectivity index (χ1n) is 8.02. The SMILES string of the molecule is CN=C(NCC(C)(C)c1ccccc1)N(C)CCc1cccs1. The Morgan fingerprint density at radius 3 is 2.52 bits per heavy atom. The van der Waals surface area contributed by atoms with Crippen LogP contribution in [0, 0.1) is 0 Å². The van der Waals surface area contributed by atoms with E-state index in [1.165, 1.54) is 10.4 Å². The van der Waals surface area contributed by atoms with Crippen molar-refractivity contribution in [2.45, 2.75) is 25.7 Å². The van der Waals surface area contributed by atoms with Gasteiger partial charge in [-0.3, -0.25) is 4.99 Å². The molecule has 0 bridgehead atoms. The molecule has 0 unspecified atom stereocenters. The van der Waals surface area contributed by atoms with E-state index >= 15 is 0 Å². The van der Waals surface area contributed by atoms with Crippen molar-refractivity contribution in [3.63, 3.8) is 0 Å². The van der Waals surface area contributed by atoms with E-state index in [1.54, 1.807) is 0 Å². The van der Waals surface area contributed by atoms with Gasteiger partial charge in [-0.2, -0.15) is 0 Å². The van der Waals surface area contributed by atoms with Crippen molar-refractivity contribution >= 4 is 17.3 Å². The van der Waals surface area contributed by atoms with Crippen LogP contribution in [-0.2, 0) is 11.8 Å². The molecule has 1 N–H and O–H groups in total. The summed E-state index contributed by atoms with van der Waals surface area (Å²) in [5.41, 5.74) is 1.40. The second-order valence-corrected chi connectivity index (χ2v) is 7.43. The highest BCUT2D eigenvalue weighted by molar-refractivity contribution is 7.09. The molecular formula is C19H27N3S. The molecule has 124 valence electrons. The lowest BCUT2D eigenvalue weighted by molar-refractivity contribution is 0.455. The molecule has 2 rings (SSSR count). The molecule has 0 saturated heterocycles. The minimum Gasteiger partial charge on any atom is -0.355 e. The lowest BCUT2D eigenvalue weighted by atomic mass is 9.85. The average Bonchev–Trinajstić information content (AvgIpc) is 3.07. The van der Waals surface area contributed by atoms with Gasteiger partial charge in [-0.05, 0) is 23.4 Å². The Balaban J connectivity index is 1.89. The number of benzene rings is 1. The molecule has 23 heavy (non-hydrogen) atoms. The van der Waals surface area contributed by atoms with Crippen LogP contribution in [0.5, 0.6) is 0 Å². The maximum Gasteiger partial charge on any atom is 0.193 e. The Labute approximate surface area is 144 Å². The van der Waals surface area contributed by atoms with E-state index in [0.717, 1.165) is 25.5 Å². The van der Waals surface area contributed by atoms with Crippen LogP contribution in [-0.4, -0.2) is 38.0 Å². The van der Waals surface area contributed by atoms with Gasteiger partial charge in [0.1, 0.15) is 0 Å². The van der Waals surface area contributed by atoms with E-state index in [1.807, 2.05) is 18.4 Å². The number of nitrogens with zero attached hydrogens (tertiary/aromatic N) is 2. The lowest BCUT2D eigenvalue weighted by Gasteiger charge is -2.29. The molecule has 4 heteroatoms. The fourth-order valence-corrected chi connectivity index (χ4v) is 3.21. The third-order valence-corrected chi connectivity index (χ3v) is 5.03. The van der Waals surface area contributed by atoms with E-state index in [2.05, 4.69) is 83.9 Å². The van der Waals surface area contributed by atoms with E-state index in [-0.39, 0.29) is 5.41 Å². The van der Waals surface area contributed by atoms with Crippen molar-refractivity contribution < 1.29 is 0 Å². The minimum atomic E-state index is 0.0613. The van der Waals surface area contributed by atoms with Crippen LogP contribution in [0.25, 0.3) is 0 Å². The normalized spacial score (nSPS) is 12.3. The summed E-state index contributed by atoms with van der Waals surface area (Å²) < 4.78 is 0. The second-order valence-electron chi connectivity index (χ2n) is 6.40. The highest BCUT2D eigenvalue weighted by Crippen LogP contribution is 2.21. The monoisotopic (exact) mass is 329 g/mol.